The SMILES string of the molecule is O=C(Cn1cc(Cl)c([N+](=O)[O-])n1)C1CCOC1. The van der Waals surface area contributed by atoms with Crippen LogP contribution in [0.5, 0.6) is 0 Å². The van der Waals surface area contributed by atoms with Crippen molar-refractivity contribution in [3.05, 3.63) is 21.3 Å². The van der Waals surface area contributed by atoms with Crippen LogP contribution in [-0.2, 0) is 16.1 Å². The average Bonchev–Trinajstić information content (AvgIpc) is 2.86. The molecule has 7 nitrogen and oxygen atoms in total. The molecular formula is C9H10ClN3O4. The maximum atomic E-state index is 11.8. The van der Waals surface area contributed by atoms with Gasteiger partial charge in [0.25, 0.3) is 0 Å². The molecule has 1 aliphatic rings. The quantitative estimate of drug-likeness (QED) is 0.596. The van der Waals surface area contributed by atoms with Crippen LogP contribution in [0.4, 0.5) is 5.82 Å². The smallest absolute Gasteiger partial charge is 0.381 e. The number of hydrogen-bond acceptors (Lipinski definition) is 5. The Bertz CT molecular complexity index is 453. The van der Waals surface area contributed by atoms with Crippen LogP contribution in [0.1, 0.15) is 6.42 Å². The number of aromatic nitrogens is 2. The van der Waals surface area contributed by atoms with Gasteiger partial charge in [-0.25, -0.2) is 0 Å². The number of carbonyl (C=O) groups is 1. The summed E-state index contributed by atoms with van der Waals surface area (Å²) in [5.41, 5.74) is 0. The second-order valence-corrected chi connectivity index (χ2v) is 4.19. The summed E-state index contributed by atoms with van der Waals surface area (Å²) >= 11 is 5.62. The first kappa shape index (κ1) is 12.0. The Hall–Kier alpha value is -1.47. The van der Waals surface area contributed by atoms with Crippen molar-refractivity contribution < 1.29 is 14.5 Å². The maximum absolute atomic E-state index is 11.8. The molecule has 1 aromatic heterocycles. The number of ketones is 1. The van der Waals surface area contributed by atoms with Crippen molar-refractivity contribution in [2.75, 3.05) is 13.2 Å². The van der Waals surface area contributed by atoms with E-state index in [1.165, 1.54) is 10.9 Å². The minimum Gasteiger partial charge on any atom is -0.381 e. The fraction of sp³-hybridized carbons (Fsp3) is 0.556. The van der Waals surface area contributed by atoms with Gasteiger partial charge in [0.15, 0.2) is 10.8 Å². The zero-order valence-electron chi connectivity index (χ0n) is 8.84. The lowest BCUT2D eigenvalue weighted by molar-refractivity contribution is -0.389. The maximum Gasteiger partial charge on any atom is 0.408 e. The van der Waals surface area contributed by atoms with E-state index in [9.17, 15) is 14.9 Å². The molecule has 92 valence electrons. The Morgan fingerprint density at radius 3 is 3.06 bits per heavy atom. The van der Waals surface area contributed by atoms with E-state index in [1.807, 2.05) is 0 Å². The lowest BCUT2D eigenvalue weighted by Crippen LogP contribution is -2.20. The number of carbonyl (C=O) groups excluding carboxylic acids is 1. The Morgan fingerprint density at radius 1 is 1.76 bits per heavy atom. The predicted molar refractivity (Wildman–Crippen MR) is 57.8 cm³/mol. The fourth-order valence-corrected chi connectivity index (χ4v) is 1.89. The molecule has 0 aliphatic carbocycles. The lowest BCUT2D eigenvalue weighted by Gasteiger charge is -2.03. The molecule has 0 spiro atoms. The highest BCUT2D eigenvalue weighted by Gasteiger charge is 2.26. The molecule has 17 heavy (non-hydrogen) atoms. The second kappa shape index (κ2) is 4.80. The first-order chi connectivity index (χ1) is 8.08. The van der Waals surface area contributed by atoms with Gasteiger partial charge in [-0.05, 0) is 11.3 Å². The standard InChI is InChI=1S/C9H10ClN3O4/c10-7-3-12(11-9(7)13(15)16)4-8(14)6-1-2-17-5-6/h3,6H,1-2,4-5H2. The molecule has 1 fully saturated rings. The minimum absolute atomic E-state index is 0.0123. The van der Waals surface area contributed by atoms with Gasteiger partial charge < -0.3 is 14.9 Å². The molecule has 2 rings (SSSR count). The van der Waals surface area contributed by atoms with Crippen molar-refractivity contribution in [3.63, 3.8) is 0 Å². The molecule has 0 N–H and O–H groups in total. The van der Waals surface area contributed by atoms with Crippen LogP contribution in [0, 0.1) is 16.0 Å². The number of nitro groups is 1. The third-order valence-electron chi connectivity index (χ3n) is 2.57. The number of halogens is 1. The van der Waals surface area contributed by atoms with Crippen LogP contribution in [0.2, 0.25) is 5.02 Å². The van der Waals surface area contributed by atoms with Crippen molar-refractivity contribution in [2.24, 2.45) is 5.92 Å². The van der Waals surface area contributed by atoms with Gasteiger partial charge >= 0.3 is 5.82 Å². The van der Waals surface area contributed by atoms with E-state index in [0.29, 0.717) is 19.6 Å². The van der Waals surface area contributed by atoms with Gasteiger partial charge in [0.1, 0.15) is 6.54 Å². The van der Waals surface area contributed by atoms with Crippen LogP contribution in [0.15, 0.2) is 6.20 Å². The number of nitrogens with zero attached hydrogens (tertiary/aromatic N) is 3. The topological polar surface area (TPSA) is 87.3 Å². The predicted octanol–water partition coefficient (Wildman–Crippen LogP) is 1.05. The Labute approximate surface area is 101 Å². The summed E-state index contributed by atoms with van der Waals surface area (Å²) in [5, 5.41) is 14.1. The number of ether oxygens (including phenoxy) is 1. The van der Waals surface area contributed by atoms with Gasteiger partial charge in [-0.1, -0.05) is 11.6 Å². The van der Waals surface area contributed by atoms with Gasteiger partial charge in [0, 0.05) is 12.5 Å². The van der Waals surface area contributed by atoms with E-state index in [4.69, 9.17) is 16.3 Å². The molecule has 0 bridgehead atoms. The molecule has 8 heteroatoms. The van der Waals surface area contributed by atoms with Crippen molar-refractivity contribution in [1.82, 2.24) is 9.78 Å². The lowest BCUT2D eigenvalue weighted by atomic mass is 10.0. The molecule has 2 heterocycles. The van der Waals surface area contributed by atoms with Gasteiger partial charge in [0.2, 0.25) is 0 Å². The van der Waals surface area contributed by atoms with Crippen molar-refractivity contribution >= 4 is 23.2 Å². The van der Waals surface area contributed by atoms with E-state index in [-0.39, 0.29) is 23.3 Å². The monoisotopic (exact) mass is 259 g/mol. The van der Waals surface area contributed by atoms with Crippen molar-refractivity contribution in [3.8, 4) is 0 Å². The van der Waals surface area contributed by atoms with Gasteiger partial charge in [-0.3, -0.25) is 4.79 Å². The summed E-state index contributed by atoms with van der Waals surface area (Å²) < 4.78 is 6.29. The van der Waals surface area contributed by atoms with E-state index >= 15 is 0 Å². The van der Waals surface area contributed by atoms with Crippen LogP contribution >= 0.6 is 11.6 Å². The third kappa shape index (κ3) is 2.62. The molecule has 1 saturated heterocycles. The van der Waals surface area contributed by atoms with Gasteiger partial charge in [-0.2, -0.15) is 4.68 Å². The normalized spacial score (nSPS) is 19.5. The van der Waals surface area contributed by atoms with E-state index in [0.717, 1.165) is 0 Å². The van der Waals surface area contributed by atoms with E-state index in [1.54, 1.807) is 0 Å². The zero-order chi connectivity index (χ0) is 12.4. The summed E-state index contributed by atoms with van der Waals surface area (Å²) in [6.07, 6.45) is 1.98. The summed E-state index contributed by atoms with van der Waals surface area (Å²) in [5.74, 6) is -0.615. The molecule has 0 aromatic carbocycles. The first-order valence-electron chi connectivity index (χ1n) is 5.05. The van der Waals surface area contributed by atoms with E-state index in [2.05, 4.69) is 5.10 Å². The molecule has 0 amide bonds. The van der Waals surface area contributed by atoms with Crippen molar-refractivity contribution in [1.29, 1.82) is 0 Å². The molecule has 0 radical (unpaired) electrons. The Balaban J connectivity index is 2.05. The highest BCUT2D eigenvalue weighted by Crippen LogP contribution is 2.22. The summed E-state index contributed by atoms with van der Waals surface area (Å²) in [6, 6.07) is 0. The summed E-state index contributed by atoms with van der Waals surface area (Å²) in [6.45, 7) is 0.980. The largest absolute Gasteiger partial charge is 0.408 e. The van der Waals surface area contributed by atoms with Gasteiger partial charge in [-0.15, -0.1) is 0 Å². The van der Waals surface area contributed by atoms with Crippen LogP contribution in [0.25, 0.3) is 0 Å². The Kier molecular flexibility index (Phi) is 3.39. The fourth-order valence-electron chi connectivity index (χ4n) is 1.67. The molecular weight excluding hydrogens is 250 g/mol. The second-order valence-electron chi connectivity index (χ2n) is 3.78. The Morgan fingerprint density at radius 2 is 2.53 bits per heavy atom. The number of hydrogen-bond donors (Lipinski definition) is 0. The van der Waals surface area contributed by atoms with Crippen LogP contribution < -0.4 is 0 Å². The molecule has 0 saturated carbocycles. The summed E-state index contributed by atoms with van der Waals surface area (Å²) in [7, 11) is 0. The number of Topliss-reactive ketones (excluding diaryl/α,β-unsaturated/α-hetero) is 1. The summed E-state index contributed by atoms with van der Waals surface area (Å²) in [4.78, 5) is 21.6. The number of rotatable bonds is 4. The van der Waals surface area contributed by atoms with E-state index < -0.39 is 10.7 Å². The van der Waals surface area contributed by atoms with Crippen LogP contribution in [0.3, 0.4) is 0 Å². The molecule has 1 aromatic rings. The molecule has 1 atom stereocenters. The average molecular weight is 260 g/mol. The van der Waals surface area contributed by atoms with Gasteiger partial charge in [0.05, 0.1) is 17.9 Å². The molecule has 1 aliphatic heterocycles. The highest BCUT2D eigenvalue weighted by atomic mass is 35.5. The third-order valence-corrected chi connectivity index (χ3v) is 2.84. The van der Waals surface area contributed by atoms with Crippen LogP contribution in [-0.4, -0.2) is 33.7 Å². The highest BCUT2D eigenvalue weighted by molar-refractivity contribution is 6.32. The minimum atomic E-state index is -0.679. The molecule has 1 unspecified atom stereocenters. The zero-order valence-corrected chi connectivity index (χ0v) is 9.59. The van der Waals surface area contributed by atoms with Crippen molar-refractivity contribution in [2.45, 2.75) is 13.0 Å². The first-order valence-corrected chi connectivity index (χ1v) is 5.43.